The molecule has 5 nitrogen and oxygen atoms in total. The van der Waals surface area contributed by atoms with Gasteiger partial charge in [-0.15, -0.1) is 21.5 Å². The van der Waals surface area contributed by atoms with Gasteiger partial charge in [-0.25, -0.2) is 0 Å². The van der Waals surface area contributed by atoms with Gasteiger partial charge in [-0.1, -0.05) is 43.0 Å². The van der Waals surface area contributed by atoms with E-state index in [0.29, 0.717) is 23.4 Å². The van der Waals surface area contributed by atoms with Crippen molar-refractivity contribution in [1.29, 1.82) is 0 Å². The molecule has 1 atom stereocenters. The number of aryl methyl sites for hydroxylation is 1. The molecule has 29 heavy (non-hydrogen) atoms. The molecular weight excluding hydrogens is 402 g/mol. The van der Waals surface area contributed by atoms with Gasteiger partial charge < -0.3 is 9.32 Å². The largest absolute Gasteiger partial charge is 0.410 e. The summed E-state index contributed by atoms with van der Waals surface area (Å²) in [5, 5.41) is 8.83. The van der Waals surface area contributed by atoms with Crippen LogP contribution in [0.25, 0.3) is 10.8 Å². The Kier molecular flexibility index (Phi) is 5.18. The van der Waals surface area contributed by atoms with Gasteiger partial charge in [0.05, 0.1) is 10.6 Å². The van der Waals surface area contributed by atoms with Crippen LogP contribution in [-0.2, 0) is 30.6 Å². The minimum Gasteiger partial charge on any atom is -0.410 e. The summed E-state index contributed by atoms with van der Waals surface area (Å²) in [7, 11) is 0. The molecule has 1 aliphatic carbocycles. The van der Waals surface area contributed by atoms with Crippen molar-refractivity contribution in [2.24, 2.45) is 5.92 Å². The summed E-state index contributed by atoms with van der Waals surface area (Å²) in [5.74, 6) is 1.75. The van der Waals surface area contributed by atoms with Crippen LogP contribution >= 0.6 is 23.1 Å². The molecule has 0 unspecified atom stereocenters. The normalized spacial score (nSPS) is 18.4. The minimum atomic E-state index is 0.116. The third-order valence-electron chi connectivity index (χ3n) is 5.75. The molecule has 7 heteroatoms. The average Bonchev–Trinajstić information content (AvgIpc) is 3.38. The van der Waals surface area contributed by atoms with Gasteiger partial charge in [0.25, 0.3) is 11.1 Å². The summed E-state index contributed by atoms with van der Waals surface area (Å²) in [6, 6.07) is 10.5. The number of amides is 1. The van der Waals surface area contributed by atoms with Gasteiger partial charge >= 0.3 is 0 Å². The number of carbonyl (C=O) groups excluding carboxylic acids is 1. The van der Waals surface area contributed by atoms with Crippen molar-refractivity contribution >= 4 is 29.0 Å². The maximum atomic E-state index is 12.6. The Hall–Kier alpha value is -2.12. The summed E-state index contributed by atoms with van der Waals surface area (Å²) < 4.78 is 5.85. The van der Waals surface area contributed by atoms with Gasteiger partial charge in [-0.3, -0.25) is 4.79 Å². The first-order valence-electron chi connectivity index (χ1n) is 10.1. The number of benzene rings is 1. The van der Waals surface area contributed by atoms with E-state index in [0.717, 1.165) is 36.6 Å². The molecular formula is C22H23N3O2S2. The molecule has 2 aliphatic rings. The topological polar surface area (TPSA) is 59.2 Å². The molecule has 0 fully saturated rings. The van der Waals surface area contributed by atoms with Crippen LogP contribution < -0.4 is 0 Å². The second-order valence-electron chi connectivity index (χ2n) is 7.90. The molecule has 0 N–H and O–H groups in total. The molecule has 0 spiro atoms. The fraction of sp³-hybridized carbons (Fsp3) is 0.409. The lowest BCUT2D eigenvalue weighted by Crippen LogP contribution is -2.37. The number of thioether (sulfide) groups is 1. The Bertz CT molecular complexity index is 1040. The van der Waals surface area contributed by atoms with Crippen LogP contribution in [0.2, 0.25) is 0 Å². The van der Waals surface area contributed by atoms with E-state index in [1.165, 1.54) is 39.8 Å². The van der Waals surface area contributed by atoms with E-state index in [4.69, 9.17) is 4.42 Å². The molecule has 150 valence electrons. The molecule has 5 rings (SSSR count). The van der Waals surface area contributed by atoms with Crippen molar-refractivity contribution in [3.05, 3.63) is 51.9 Å². The van der Waals surface area contributed by atoms with Crippen molar-refractivity contribution in [2.45, 2.75) is 44.4 Å². The number of fused-ring (bicyclic) bond motifs is 2. The van der Waals surface area contributed by atoms with Crippen LogP contribution in [0, 0.1) is 5.92 Å². The smallest absolute Gasteiger partial charge is 0.277 e. The maximum Gasteiger partial charge on any atom is 0.277 e. The second-order valence-corrected chi connectivity index (χ2v) is 9.97. The molecule has 3 heterocycles. The summed E-state index contributed by atoms with van der Waals surface area (Å²) in [5.41, 5.74) is 4.02. The zero-order valence-corrected chi connectivity index (χ0v) is 18.0. The molecule has 1 aromatic carbocycles. The summed E-state index contributed by atoms with van der Waals surface area (Å²) in [4.78, 5) is 17.1. The third-order valence-corrected chi connectivity index (χ3v) is 7.78. The van der Waals surface area contributed by atoms with Crippen LogP contribution in [-0.4, -0.2) is 33.3 Å². The fourth-order valence-electron chi connectivity index (χ4n) is 4.10. The summed E-state index contributed by atoms with van der Waals surface area (Å²) >= 11 is 3.09. The Balaban J connectivity index is 1.21. The van der Waals surface area contributed by atoms with Gasteiger partial charge in [0, 0.05) is 18.0 Å². The van der Waals surface area contributed by atoms with E-state index in [1.807, 2.05) is 11.0 Å². The van der Waals surface area contributed by atoms with Crippen LogP contribution in [0.4, 0.5) is 0 Å². The monoisotopic (exact) mass is 425 g/mol. The summed E-state index contributed by atoms with van der Waals surface area (Å²) in [6.07, 6.45) is 4.44. The van der Waals surface area contributed by atoms with Crippen molar-refractivity contribution in [2.75, 3.05) is 12.3 Å². The number of hydrogen-bond donors (Lipinski definition) is 0. The Morgan fingerprint density at radius 3 is 3.00 bits per heavy atom. The molecule has 0 saturated heterocycles. The lowest BCUT2D eigenvalue weighted by molar-refractivity contribution is -0.129. The lowest BCUT2D eigenvalue weighted by atomic mass is 9.90. The number of carbonyl (C=O) groups is 1. The van der Waals surface area contributed by atoms with Crippen molar-refractivity contribution in [1.82, 2.24) is 15.1 Å². The molecule has 1 aliphatic heterocycles. The van der Waals surface area contributed by atoms with Crippen LogP contribution in [0.15, 0.2) is 40.0 Å². The molecule has 0 saturated carbocycles. The fourth-order valence-corrected chi connectivity index (χ4v) is 5.90. The zero-order valence-electron chi connectivity index (χ0n) is 16.4. The number of thiophene rings is 1. The predicted molar refractivity (Wildman–Crippen MR) is 115 cm³/mol. The Labute approximate surface area is 178 Å². The quantitative estimate of drug-likeness (QED) is 0.572. The van der Waals surface area contributed by atoms with Gasteiger partial charge in [-0.2, -0.15) is 0 Å². The molecule has 0 bridgehead atoms. The Morgan fingerprint density at radius 2 is 2.10 bits per heavy atom. The van der Waals surface area contributed by atoms with Crippen molar-refractivity contribution < 1.29 is 9.21 Å². The van der Waals surface area contributed by atoms with Gasteiger partial charge in [-0.05, 0) is 54.4 Å². The van der Waals surface area contributed by atoms with Gasteiger partial charge in [0.15, 0.2) is 0 Å². The molecule has 2 aromatic heterocycles. The van der Waals surface area contributed by atoms with E-state index in [1.54, 1.807) is 11.3 Å². The average molecular weight is 426 g/mol. The standard InChI is InChI=1S/C22H23N3O2S2/c1-14-6-7-18-17(10-14)11-19(29-18)21-23-24-22(27-21)28-13-20(26)25-9-8-15-4-2-3-5-16(15)12-25/h2-5,11,14H,6-10,12-13H2,1H3/t14-/m0/s1. The third kappa shape index (κ3) is 3.98. The summed E-state index contributed by atoms with van der Waals surface area (Å²) in [6.45, 7) is 3.76. The Morgan fingerprint density at radius 1 is 1.24 bits per heavy atom. The lowest BCUT2D eigenvalue weighted by Gasteiger charge is -2.28. The number of aromatic nitrogens is 2. The maximum absolute atomic E-state index is 12.6. The van der Waals surface area contributed by atoms with Crippen molar-refractivity contribution in [3.8, 4) is 10.8 Å². The number of nitrogens with zero attached hydrogens (tertiary/aromatic N) is 3. The van der Waals surface area contributed by atoms with Crippen LogP contribution in [0.3, 0.4) is 0 Å². The zero-order chi connectivity index (χ0) is 19.8. The highest BCUT2D eigenvalue weighted by Crippen LogP contribution is 2.37. The van der Waals surface area contributed by atoms with E-state index < -0.39 is 0 Å². The van der Waals surface area contributed by atoms with Gasteiger partial charge in [0.2, 0.25) is 5.91 Å². The molecule has 0 radical (unpaired) electrons. The predicted octanol–water partition coefficient (Wildman–Crippen LogP) is 4.60. The van der Waals surface area contributed by atoms with E-state index in [9.17, 15) is 4.79 Å². The number of rotatable bonds is 4. The van der Waals surface area contributed by atoms with E-state index >= 15 is 0 Å². The van der Waals surface area contributed by atoms with Crippen LogP contribution in [0.5, 0.6) is 0 Å². The van der Waals surface area contributed by atoms with E-state index in [-0.39, 0.29) is 5.91 Å². The highest BCUT2D eigenvalue weighted by molar-refractivity contribution is 7.99. The first-order chi connectivity index (χ1) is 14.2. The highest BCUT2D eigenvalue weighted by Gasteiger charge is 2.23. The van der Waals surface area contributed by atoms with Crippen LogP contribution in [0.1, 0.15) is 34.9 Å². The van der Waals surface area contributed by atoms with E-state index in [2.05, 4.69) is 41.4 Å². The SMILES string of the molecule is C[C@H]1CCc2sc(-c3nnc(SCC(=O)N4CCc5ccccc5C4)o3)cc2C1. The first kappa shape index (κ1) is 18.9. The number of hydrogen-bond acceptors (Lipinski definition) is 6. The van der Waals surface area contributed by atoms with Crippen molar-refractivity contribution in [3.63, 3.8) is 0 Å². The van der Waals surface area contributed by atoms with Gasteiger partial charge in [0.1, 0.15) is 0 Å². The minimum absolute atomic E-state index is 0.116. The highest BCUT2D eigenvalue weighted by atomic mass is 32.2. The second kappa shape index (κ2) is 7.95. The molecule has 3 aromatic rings. The molecule has 1 amide bonds. The first-order valence-corrected chi connectivity index (χ1v) is 11.9.